The maximum Gasteiger partial charge on any atom is 0.431 e. The van der Waals surface area contributed by atoms with E-state index in [0.717, 1.165) is 9.37 Å². The quantitative estimate of drug-likeness (QED) is 0.572. The third-order valence-corrected chi connectivity index (χ3v) is 4.19. The van der Waals surface area contributed by atoms with E-state index >= 15 is 0 Å². The maximum atomic E-state index is 12.4. The van der Waals surface area contributed by atoms with Gasteiger partial charge in [0.15, 0.2) is 7.05 Å². The second kappa shape index (κ2) is 6.09. The summed E-state index contributed by atoms with van der Waals surface area (Å²) in [7, 11) is 1.62. The van der Waals surface area contributed by atoms with E-state index in [4.69, 9.17) is 0 Å². The van der Waals surface area contributed by atoms with Crippen LogP contribution in [0, 0.1) is 0 Å². The lowest BCUT2D eigenvalue weighted by Crippen LogP contribution is -2.43. The first kappa shape index (κ1) is 15.6. The Labute approximate surface area is 139 Å². The molecule has 0 bridgehead atoms. The van der Waals surface area contributed by atoms with E-state index in [9.17, 15) is 14.4 Å². The second-order valence-corrected chi connectivity index (χ2v) is 6.08. The summed E-state index contributed by atoms with van der Waals surface area (Å²) < 4.78 is 6.92. The van der Waals surface area contributed by atoms with Gasteiger partial charge >= 0.3 is 11.3 Å². The number of amides is 2. The molecule has 23 heavy (non-hydrogen) atoms. The van der Waals surface area contributed by atoms with Crippen LogP contribution in [0.15, 0.2) is 38.1 Å². The van der Waals surface area contributed by atoms with Gasteiger partial charge in [-0.15, -0.1) is 0 Å². The van der Waals surface area contributed by atoms with Crippen LogP contribution in [0.4, 0.5) is 5.69 Å². The summed E-state index contributed by atoms with van der Waals surface area (Å²) in [5.74, 6) is -0.611. The molecule has 2 heterocycles. The summed E-state index contributed by atoms with van der Waals surface area (Å²) in [6.07, 6.45) is 0.0500. The van der Waals surface area contributed by atoms with Gasteiger partial charge in [-0.05, 0) is 29.5 Å². The summed E-state index contributed by atoms with van der Waals surface area (Å²) in [6.45, 7) is 0.125. The number of carbonyl (C=O) groups excluding carboxylic acids is 2. The topological polar surface area (TPSA) is 99.3 Å². The highest BCUT2D eigenvalue weighted by Gasteiger charge is 2.39. The summed E-state index contributed by atoms with van der Waals surface area (Å²) in [5.41, 5.74) is 0.355. The van der Waals surface area contributed by atoms with Crippen molar-refractivity contribution in [2.24, 2.45) is 7.05 Å². The molecule has 2 aromatic rings. The lowest BCUT2D eigenvalue weighted by atomic mass is 10.2. The van der Waals surface area contributed by atoms with Crippen LogP contribution in [0.3, 0.4) is 0 Å². The predicted octanol–water partition coefficient (Wildman–Crippen LogP) is -0.0234. The number of aromatic nitrogens is 2. The lowest BCUT2D eigenvalue weighted by Gasteiger charge is -2.15. The summed E-state index contributed by atoms with van der Waals surface area (Å²) >= 11 is 3.31. The van der Waals surface area contributed by atoms with E-state index in [0.29, 0.717) is 11.4 Å². The van der Waals surface area contributed by atoms with E-state index in [1.54, 1.807) is 31.3 Å². The Kier molecular flexibility index (Phi) is 4.14. The number of hydrogen-bond donors (Lipinski definition) is 2. The van der Waals surface area contributed by atoms with Crippen LogP contribution in [-0.4, -0.2) is 23.1 Å². The van der Waals surface area contributed by atoms with Crippen LogP contribution in [0.1, 0.15) is 12.1 Å². The molecule has 9 heteroatoms. The first-order chi connectivity index (χ1) is 11.0. The largest absolute Gasteiger partial charge is 0.431 e. The minimum atomic E-state index is -0.666. The molecule has 0 radical (unpaired) electrons. The molecule has 1 atom stereocenters. The zero-order valence-electron chi connectivity index (χ0n) is 12.2. The Bertz CT molecular complexity index is 811. The highest BCUT2D eigenvalue weighted by atomic mass is 79.9. The number of aromatic amines is 1. The van der Waals surface area contributed by atoms with Gasteiger partial charge in [-0.25, -0.2) is 9.69 Å². The third-order valence-electron chi connectivity index (χ3n) is 3.66. The normalized spacial score (nSPS) is 18.0. The SMILES string of the molecule is C[n+]1[nH]oc(=O)c1CNC1CC(=O)N(c2ccc(Br)cc2)C1=O. The van der Waals surface area contributed by atoms with Crippen molar-refractivity contribution in [2.75, 3.05) is 4.90 Å². The summed E-state index contributed by atoms with van der Waals surface area (Å²) in [4.78, 5) is 37.2. The third kappa shape index (κ3) is 2.97. The second-order valence-electron chi connectivity index (χ2n) is 5.17. The average molecular weight is 382 g/mol. The Morgan fingerprint density at radius 2 is 2.04 bits per heavy atom. The Morgan fingerprint density at radius 1 is 1.35 bits per heavy atom. The predicted molar refractivity (Wildman–Crippen MR) is 82.4 cm³/mol. The van der Waals surface area contributed by atoms with Crippen molar-refractivity contribution in [3.8, 4) is 0 Å². The molecule has 2 amide bonds. The number of rotatable bonds is 4. The fourth-order valence-electron chi connectivity index (χ4n) is 2.42. The molecule has 2 N–H and O–H groups in total. The van der Waals surface area contributed by atoms with Crippen LogP contribution < -0.4 is 20.5 Å². The van der Waals surface area contributed by atoms with Gasteiger partial charge in [-0.3, -0.25) is 19.4 Å². The number of benzene rings is 1. The van der Waals surface area contributed by atoms with E-state index in [2.05, 4.69) is 31.0 Å². The maximum absolute atomic E-state index is 12.4. The van der Waals surface area contributed by atoms with E-state index in [1.165, 1.54) is 4.68 Å². The van der Waals surface area contributed by atoms with Crippen molar-refractivity contribution < 1.29 is 18.8 Å². The summed E-state index contributed by atoms with van der Waals surface area (Å²) in [6, 6.07) is 6.26. The molecule has 0 aliphatic carbocycles. The number of carbonyl (C=O) groups is 2. The van der Waals surface area contributed by atoms with Gasteiger partial charge < -0.3 is 0 Å². The number of nitrogens with one attached hydrogen (secondary N) is 2. The molecule has 1 aliphatic heterocycles. The average Bonchev–Trinajstić information content (AvgIpc) is 2.98. The zero-order chi connectivity index (χ0) is 16.6. The van der Waals surface area contributed by atoms with E-state index < -0.39 is 11.7 Å². The fraction of sp³-hybridized carbons (Fsp3) is 0.286. The van der Waals surface area contributed by atoms with E-state index in [-0.39, 0.29) is 24.8 Å². The van der Waals surface area contributed by atoms with Crippen LogP contribution in [0.2, 0.25) is 0 Å². The number of H-pyrrole nitrogens is 1. The molecule has 1 fully saturated rings. The van der Waals surface area contributed by atoms with Crippen molar-refractivity contribution in [2.45, 2.75) is 19.0 Å². The first-order valence-corrected chi connectivity index (χ1v) is 7.69. The molecule has 1 unspecified atom stereocenters. The molecule has 1 aliphatic rings. The summed E-state index contributed by atoms with van der Waals surface area (Å²) in [5, 5.41) is 5.33. The van der Waals surface area contributed by atoms with Gasteiger partial charge in [-0.1, -0.05) is 20.6 Å². The lowest BCUT2D eigenvalue weighted by molar-refractivity contribution is -0.746. The molecule has 1 aromatic carbocycles. The van der Waals surface area contributed by atoms with Crippen LogP contribution in [0.25, 0.3) is 0 Å². The van der Waals surface area contributed by atoms with Gasteiger partial charge in [0.05, 0.1) is 24.7 Å². The van der Waals surface area contributed by atoms with Gasteiger partial charge in [0.1, 0.15) is 0 Å². The molecular weight excluding hydrogens is 368 g/mol. The molecule has 1 aromatic heterocycles. The van der Waals surface area contributed by atoms with E-state index in [1.807, 2.05) is 0 Å². The molecule has 1 saturated heterocycles. The van der Waals surface area contributed by atoms with Crippen molar-refractivity contribution in [1.29, 1.82) is 0 Å². The number of anilines is 1. The zero-order valence-corrected chi connectivity index (χ0v) is 13.8. The van der Waals surface area contributed by atoms with Gasteiger partial charge in [0, 0.05) is 4.47 Å². The van der Waals surface area contributed by atoms with Crippen LogP contribution in [0.5, 0.6) is 0 Å². The Morgan fingerprint density at radius 3 is 2.65 bits per heavy atom. The fourth-order valence-corrected chi connectivity index (χ4v) is 2.69. The smallest absolute Gasteiger partial charge is 0.296 e. The molecule has 8 nitrogen and oxygen atoms in total. The van der Waals surface area contributed by atoms with Crippen LogP contribution in [-0.2, 0) is 23.2 Å². The highest BCUT2D eigenvalue weighted by molar-refractivity contribution is 9.10. The Hall–Kier alpha value is -2.26. The first-order valence-electron chi connectivity index (χ1n) is 6.89. The van der Waals surface area contributed by atoms with Crippen molar-refractivity contribution >= 4 is 33.4 Å². The van der Waals surface area contributed by atoms with Crippen molar-refractivity contribution in [1.82, 2.24) is 10.6 Å². The molecule has 120 valence electrons. The van der Waals surface area contributed by atoms with Crippen LogP contribution >= 0.6 is 15.9 Å². The molecular formula is C14H14BrN4O4+. The Balaban J connectivity index is 1.74. The standard InChI is InChI=1S/C14H13BrN4O4/c1-18-11(14(22)23-17-18)7-16-10-6-12(20)19(13(10)21)9-4-2-8(15)3-5-9/h2-5,10,16H,6-7H2,1H3/p+1. The minimum absolute atomic E-state index is 0.0500. The number of hydrogen-bond acceptors (Lipinski definition) is 5. The van der Waals surface area contributed by atoms with Gasteiger partial charge in [-0.2, -0.15) is 0 Å². The molecule has 0 saturated carbocycles. The number of aryl methyl sites for hydroxylation is 1. The highest BCUT2D eigenvalue weighted by Crippen LogP contribution is 2.24. The minimum Gasteiger partial charge on any atom is -0.296 e. The van der Waals surface area contributed by atoms with Crippen molar-refractivity contribution in [3.63, 3.8) is 0 Å². The molecule has 0 spiro atoms. The number of imide groups is 1. The monoisotopic (exact) mass is 381 g/mol. The number of nitrogens with zero attached hydrogens (tertiary/aromatic N) is 2. The molecule has 3 rings (SSSR count). The van der Waals surface area contributed by atoms with Gasteiger partial charge in [0.25, 0.3) is 5.91 Å². The van der Waals surface area contributed by atoms with Crippen molar-refractivity contribution in [3.05, 3.63) is 44.9 Å². The van der Waals surface area contributed by atoms with Gasteiger partial charge in [0.2, 0.25) is 5.91 Å². The number of halogens is 1.